The SMILES string of the molecule is COCCNC(=NCc1nnc(C)n1C)N1CCN(Cc2cccs2)CC1.I. The highest BCUT2D eigenvalue weighted by molar-refractivity contribution is 14.0. The van der Waals surface area contributed by atoms with E-state index in [1.165, 1.54) is 4.88 Å². The summed E-state index contributed by atoms with van der Waals surface area (Å²) in [7, 11) is 3.69. The minimum absolute atomic E-state index is 0. The molecule has 0 aliphatic carbocycles. The fourth-order valence-electron chi connectivity index (χ4n) is 3.01. The van der Waals surface area contributed by atoms with Crippen LogP contribution in [0.4, 0.5) is 0 Å². The summed E-state index contributed by atoms with van der Waals surface area (Å²) in [5.41, 5.74) is 0. The highest BCUT2D eigenvalue weighted by Gasteiger charge is 2.20. The Kier molecular flexibility index (Phi) is 9.62. The maximum Gasteiger partial charge on any atom is 0.194 e. The number of nitrogens with one attached hydrogen (secondary N) is 1. The molecule has 1 saturated heterocycles. The first kappa shape index (κ1) is 23.0. The lowest BCUT2D eigenvalue weighted by atomic mass is 10.3. The molecule has 0 atom stereocenters. The Morgan fingerprint density at radius 2 is 2.07 bits per heavy atom. The van der Waals surface area contributed by atoms with Crippen molar-refractivity contribution in [3.8, 4) is 0 Å². The Hall–Kier alpha value is -1.24. The molecule has 3 heterocycles. The second-order valence-electron chi connectivity index (χ2n) is 6.62. The predicted octanol–water partition coefficient (Wildman–Crippen LogP) is 1.71. The number of aryl methyl sites for hydroxylation is 1. The Balaban J connectivity index is 0.00000280. The molecule has 3 rings (SSSR count). The number of aromatic nitrogens is 3. The van der Waals surface area contributed by atoms with Crippen LogP contribution in [0.25, 0.3) is 0 Å². The highest BCUT2D eigenvalue weighted by atomic mass is 127. The maximum atomic E-state index is 5.17. The van der Waals surface area contributed by atoms with E-state index < -0.39 is 0 Å². The van der Waals surface area contributed by atoms with Crippen molar-refractivity contribution in [2.75, 3.05) is 46.4 Å². The van der Waals surface area contributed by atoms with Gasteiger partial charge in [0.2, 0.25) is 0 Å². The molecule has 1 fully saturated rings. The molecule has 0 aromatic carbocycles. The van der Waals surface area contributed by atoms with Crippen LogP contribution in [0.2, 0.25) is 0 Å². The lowest BCUT2D eigenvalue weighted by molar-refractivity contribution is 0.171. The molecule has 2 aromatic rings. The highest BCUT2D eigenvalue weighted by Crippen LogP contribution is 2.13. The molecule has 28 heavy (non-hydrogen) atoms. The summed E-state index contributed by atoms with van der Waals surface area (Å²) in [4.78, 5) is 11.0. The number of aliphatic imine (C=N–C) groups is 1. The van der Waals surface area contributed by atoms with E-state index in [2.05, 4.69) is 42.8 Å². The van der Waals surface area contributed by atoms with Gasteiger partial charge in [-0.15, -0.1) is 45.5 Å². The second kappa shape index (κ2) is 11.7. The Bertz CT molecular complexity index is 726. The molecular weight excluding hydrogens is 489 g/mol. The third kappa shape index (κ3) is 6.39. The number of rotatable bonds is 7. The predicted molar refractivity (Wildman–Crippen MR) is 123 cm³/mol. The zero-order valence-corrected chi connectivity index (χ0v) is 19.9. The molecule has 0 saturated carbocycles. The number of hydrogen-bond donors (Lipinski definition) is 1. The molecule has 1 aliphatic heterocycles. The normalized spacial score (nSPS) is 15.5. The van der Waals surface area contributed by atoms with Crippen LogP contribution in [0.3, 0.4) is 0 Å². The third-order valence-electron chi connectivity index (χ3n) is 4.77. The van der Waals surface area contributed by atoms with Gasteiger partial charge in [0.25, 0.3) is 0 Å². The van der Waals surface area contributed by atoms with Gasteiger partial charge >= 0.3 is 0 Å². The molecule has 10 heteroatoms. The molecule has 0 bridgehead atoms. The van der Waals surface area contributed by atoms with Gasteiger partial charge in [0.05, 0.1) is 6.61 Å². The Morgan fingerprint density at radius 3 is 2.68 bits per heavy atom. The monoisotopic (exact) mass is 519 g/mol. The number of guanidine groups is 1. The lowest BCUT2D eigenvalue weighted by Gasteiger charge is -2.36. The van der Waals surface area contributed by atoms with Crippen LogP contribution in [0.1, 0.15) is 16.5 Å². The van der Waals surface area contributed by atoms with E-state index >= 15 is 0 Å². The quantitative estimate of drug-likeness (QED) is 0.260. The van der Waals surface area contributed by atoms with Gasteiger partial charge in [-0.3, -0.25) is 4.90 Å². The smallest absolute Gasteiger partial charge is 0.194 e. The molecule has 0 amide bonds. The van der Waals surface area contributed by atoms with Gasteiger partial charge in [0, 0.05) is 58.3 Å². The first-order valence-corrected chi connectivity index (χ1v) is 10.2. The first-order valence-electron chi connectivity index (χ1n) is 9.29. The lowest BCUT2D eigenvalue weighted by Crippen LogP contribution is -2.52. The third-order valence-corrected chi connectivity index (χ3v) is 5.63. The first-order chi connectivity index (χ1) is 13.2. The van der Waals surface area contributed by atoms with Crippen molar-refractivity contribution in [1.82, 2.24) is 29.9 Å². The van der Waals surface area contributed by atoms with E-state index in [4.69, 9.17) is 9.73 Å². The molecule has 8 nitrogen and oxygen atoms in total. The van der Waals surface area contributed by atoms with Crippen molar-refractivity contribution in [3.05, 3.63) is 34.0 Å². The molecule has 1 N–H and O–H groups in total. The van der Waals surface area contributed by atoms with Crippen LogP contribution in [0.15, 0.2) is 22.5 Å². The van der Waals surface area contributed by atoms with E-state index in [1.807, 2.05) is 29.9 Å². The minimum atomic E-state index is 0. The van der Waals surface area contributed by atoms with E-state index in [-0.39, 0.29) is 24.0 Å². The summed E-state index contributed by atoms with van der Waals surface area (Å²) < 4.78 is 7.15. The van der Waals surface area contributed by atoms with Crippen LogP contribution in [0.5, 0.6) is 0 Å². The molecule has 0 spiro atoms. The average Bonchev–Trinajstić information content (AvgIpc) is 3.30. The summed E-state index contributed by atoms with van der Waals surface area (Å²) in [6.45, 7) is 8.88. The summed E-state index contributed by atoms with van der Waals surface area (Å²) in [5, 5.41) is 13.9. The zero-order chi connectivity index (χ0) is 19.1. The van der Waals surface area contributed by atoms with E-state index in [0.717, 1.165) is 56.9 Å². The van der Waals surface area contributed by atoms with Gasteiger partial charge in [-0.25, -0.2) is 4.99 Å². The van der Waals surface area contributed by atoms with Gasteiger partial charge in [-0.05, 0) is 18.4 Å². The van der Waals surface area contributed by atoms with Gasteiger partial charge < -0.3 is 19.5 Å². The summed E-state index contributed by atoms with van der Waals surface area (Å²) in [5.74, 6) is 2.69. The van der Waals surface area contributed by atoms with E-state index in [0.29, 0.717) is 13.2 Å². The van der Waals surface area contributed by atoms with Gasteiger partial charge in [0.1, 0.15) is 12.4 Å². The molecule has 2 aromatic heterocycles. The van der Waals surface area contributed by atoms with Crippen molar-refractivity contribution in [2.24, 2.45) is 12.0 Å². The van der Waals surface area contributed by atoms with Crippen molar-refractivity contribution >= 4 is 41.3 Å². The Morgan fingerprint density at radius 1 is 1.29 bits per heavy atom. The number of methoxy groups -OCH3 is 1. The zero-order valence-electron chi connectivity index (χ0n) is 16.8. The number of halogens is 1. The largest absolute Gasteiger partial charge is 0.383 e. The van der Waals surface area contributed by atoms with Crippen molar-refractivity contribution in [1.29, 1.82) is 0 Å². The van der Waals surface area contributed by atoms with Gasteiger partial charge in [-0.2, -0.15) is 0 Å². The van der Waals surface area contributed by atoms with Crippen LogP contribution in [0, 0.1) is 6.92 Å². The Labute approximate surface area is 188 Å². The molecule has 156 valence electrons. The second-order valence-corrected chi connectivity index (χ2v) is 7.66. The van der Waals surface area contributed by atoms with Crippen LogP contribution >= 0.6 is 35.3 Å². The maximum absolute atomic E-state index is 5.17. The summed E-state index contributed by atoms with van der Waals surface area (Å²) >= 11 is 1.83. The number of thiophene rings is 1. The molecule has 0 unspecified atom stereocenters. The van der Waals surface area contributed by atoms with Gasteiger partial charge in [0.15, 0.2) is 11.8 Å². The van der Waals surface area contributed by atoms with Crippen molar-refractivity contribution in [3.63, 3.8) is 0 Å². The molecule has 1 aliphatic rings. The number of piperazine rings is 1. The number of ether oxygens (including phenoxy) is 1. The average molecular weight is 519 g/mol. The van der Waals surface area contributed by atoms with Crippen molar-refractivity contribution in [2.45, 2.75) is 20.0 Å². The fraction of sp³-hybridized carbons (Fsp3) is 0.611. The minimum Gasteiger partial charge on any atom is -0.383 e. The van der Waals surface area contributed by atoms with Crippen LogP contribution < -0.4 is 5.32 Å². The summed E-state index contributed by atoms with van der Waals surface area (Å²) in [6.07, 6.45) is 0. The standard InChI is InChI=1S/C18H29N7OS.HI/c1-15-21-22-17(23(15)2)13-20-18(19-6-11-26-3)25-9-7-24(8-10-25)14-16-5-4-12-27-16;/h4-5,12H,6-11,13-14H2,1-3H3,(H,19,20);1H. The number of hydrogen-bond acceptors (Lipinski definition) is 6. The van der Waals surface area contributed by atoms with Crippen LogP contribution in [-0.4, -0.2) is 77.0 Å². The molecular formula is C18H30IN7OS. The topological polar surface area (TPSA) is 70.8 Å². The fourth-order valence-corrected chi connectivity index (χ4v) is 3.75. The van der Waals surface area contributed by atoms with Gasteiger partial charge in [-0.1, -0.05) is 6.07 Å². The summed E-state index contributed by atoms with van der Waals surface area (Å²) in [6, 6.07) is 4.33. The van der Waals surface area contributed by atoms with E-state index in [1.54, 1.807) is 7.11 Å². The van der Waals surface area contributed by atoms with Crippen LogP contribution in [-0.2, 0) is 24.9 Å². The van der Waals surface area contributed by atoms with Crippen molar-refractivity contribution < 1.29 is 4.74 Å². The number of nitrogens with zero attached hydrogens (tertiary/aromatic N) is 6. The van der Waals surface area contributed by atoms with E-state index in [9.17, 15) is 0 Å². The molecule has 0 radical (unpaired) electrons.